The van der Waals surface area contributed by atoms with E-state index < -0.39 is 7.52 Å². The summed E-state index contributed by atoms with van der Waals surface area (Å²) in [5.41, 5.74) is 7.45. The molecule has 0 saturated carbocycles. The highest BCUT2D eigenvalue weighted by Gasteiger charge is 2.09. The number of aryl methyl sites for hydroxylation is 2. The van der Waals surface area contributed by atoms with Crippen LogP contribution in [0.5, 0.6) is 5.75 Å². The lowest BCUT2D eigenvalue weighted by atomic mass is 10.1. The highest BCUT2D eigenvalue weighted by molar-refractivity contribution is 7.56. The highest BCUT2D eigenvalue weighted by Crippen LogP contribution is 2.34. The summed E-state index contributed by atoms with van der Waals surface area (Å²) in [7, 11) is -2.93. The Morgan fingerprint density at radius 2 is 1.69 bits per heavy atom. The number of rotatable bonds is 2. The molecule has 1 aromatic carbocycles. The molecule has 0 amide bonds. The molecule has 3 nitrogen and oxygen atoms in total. The molecule has 0 aromatic heterocycles. The third kappa shape index (κ3) is 3.62. The Balaban J connectivity index is 2.96. The zero-order chi connectivity index (χ0) is 10.1. The van der Waals surface area contributed by atoms with E-state index >= 15 is 0 Å². The molecule has 0 aliphatic heterocycles. The fourth-order valence-electron chi connectivity index (χ4n) is 1.19. The average Bonchev–Trinajstić information content (AvgIpc) is 1.78. The van der Waals surface area contributed by atoms with E-state index in [9.17, 15) is 4.57 Å². The van der Waals surface area contributed by atoms with Crippen LogP contribution in [0.25, 0.3) is 0 Å². The number of hydrogen-bond acceptors (Lipinski definition) is 2. The van der Waals surface area contributed by atoms with Gasteiger partial charge in [0, 0.05) is 6.66 Å². The average molecular weight is 199 g/mol. The van der Waals surface area contributed by atoms with Crippen molar-refractivity contribution in [1.82, 2.24) is 0 Å². The molecule has 0 bridgehead atoms. The fourth-order valence-corrected chi connectivity index (χ4v) is 1.72. The summed E-state index contributed by atoms with van der Waals surface area (Å²) in [6.45, 7) is 5.30. The normalized spacial score (nSPS) is 15.1. The molecule has 4 heteroatoms. The quantitative estimate of drug-likeness (QED) is 0.744. The van der Waals surface area contributed by atoms with E-state index in [2.05, 4.69) is 0 Å². The molecule has 0 radical (unpaired) electrons. The zero-order valence-corrected chi connectivity index (χ0v) is 8.97. The summed E-state index contributed by atoms with van der Waals surface area (Å²) in [5, 5.41) is 0. The lowest BCUT2D eigenvalue weighted by Gasteiger charge is -2.10. The molecule has 0 fully saturated rings. The van der Waals surface area contributed by atoms with E-state index in [0.29, 0.717) is 5.75 Å². The topological polar surface area (TPSA) is 52.3 Å². The van der Waals surface area contributed by atoms with Gasteiger partial charge in [-0.1, -0.05) is 6.07 Å². The Labute approximate surface area is 78.4 Å². The molecule has 0 heterocycles. The summed E-state index contributed by atoms with van der Waals surface area (Å²) in [6, 6.07) is 5.65. The Hall–Kier alpha value is -0.790. The van der Waals surface area contributed by atoms with Crippen LogP contribution < -0.4 is 10.0 Å². The monoisotopic (exact) mass is 199 g/mol. The second kappa shape index (κ2) is 3.52. The predicted molar refractivity (Wildman–Crippen MR) is 54.3 cm³/mol. The molecular weight excluding hydrogens is 185 g/mol. The van der Waals surface area contributed by atoms with Crippen molar-refractivity contribution in [3.05, 3.63) is 29.3 Å². The first kappa shape index (κ1) is 10.3. The Kier molecular flexibility index (Phi) is 2.79. The van der Waals surface area contributed by atoms with E-state index in [4.69, 9.17) is 10.0 Å². The van der Waals surface area contributed by atoms with Crippen molar-refractivity contribution in [2.24, 2.45) is 5.50 Å². The first-order valence-corrected chi connectivity index (χ1v) is 6.15. The van der Waals surface area contributed by atoms with Gasteiger partial charge >= 0.3 is 7.52 Å². The molecule has 1 aromatic rings. The molecule has 0 unspecified atom stereocenters. The van der Waals surface area contributed by atoms with E-state index in [1.165, 1.54) is 6.66 Å². The van der Waals surface area contributed by atoms with Gasteiger partial charge in [-0.3, -0.25) is 4.57 Å². The van der Waals surface area contributed by atoms with E-state index in [1.807, 2.05) is 32.0 Å². The first-order valence-electron chi connectivity index (χ1n) is 4.01. The van der Waals surface area contributed by atoms with Crippen LogP contribution in [-0.4, -0.2) is 6.66 Å². The standard InChI is InChI=1S/C9H14NO2P/c1-7-4-8(2)6-9(5-7)12-13(3,10)11/h4-6H,1-3H3,(H2,10,11)/t13-/m1/s1. The van der Waals surface area contributed by atoms with Gasteiger partial charge in [-0.2, -0.15) is 0 Å². The summed E-state index contributed by atoms with van der Waals surface area (Å²) >= 11 is 0. The van der Waals surface area contributed by atoms with Crippen molar-refractivity contribution >= 4 is 7.52 Å². The van der Waals surface area contributed by atoms with Crippen LogP contribution in [0.1, 0.15) is 11.1 Å². The van der Waals surface area contributed by atoms with Gasteiger partial charge in [0.25, 0.3) is 0 Å². The molecule has 0 aliphatic carbocycles. The highest BCUT2D eigenvalue weighted by atomic mass is 31.2. The van der Waals surface area contributed by atoms with Gasteiger partial charge < -0.3 is 4.52 Å². The summed E-state index contributed by atoms with van der Waals surface area (Å²) in [6.07, 6.45) is 0. The van der Waals surface area contributed by atoms with Crippen molar-refractivity contribution in [3.63, 3.8) is 0 Å². The largest absolute Gasteiger partial charge is 0.433 e. The maximum Gasteiger partial charge on any atom is 0.310 e. The lowest BCUT2D eigenvalue weighted by Crippen LogP contribution is -2.00. The maximum atomic E-state index is 11.2. The van der Waals surface area contributed by atoms with Crippen molar-refractivity contribution in [1.29, 1.82) is 0 Å². The van der Waals surface area contributed by atoms with Crippen LogP contribution in [0.15, 0.2) is 18.2 Å². The van der Waals surface area contributed by atoms with Gasteiger partial charge in [0.2, 0.25) is 0 Å². The van der Waals surface area contributed by atoms with E-state index in [-0.39, 0.29) is 0 Å². The van der Waals surface area contributed by atoms with Gasteiger partial charge in [-0.05, 0) is 37.1 Å². The van der Waals surface area contributed by atoms with Crippen molar-refractivity contribution in [2.45, 2.75) is 13.8 Å². The molecule has 72 valence electrons. The van der Waals surface area contributed by atoms with Crippen molar-refractivity contribution in [3.8, 4) is 5.75 Å². The molecule has 0 saturated heterocycles. The van der Waals surface area contributed by atoms with Crippen LogP contribution in [0.2, 0.25) is 0 Å². The molecule has 1 rings (SSSR count). The Morgan fingerprint density at radius 1 is 1.23 bits per heavy atom. The minimum absolute atomic E-state index is 0.575. The molecular formula is C9H14NO2P. The maximum absolute atomic E-state index is 11.2. The van der Waals surface area contributed by atoms with Crippen molar-refractivity contribution < 1.29 is 9.09 Å². The smallest absolute Gasteiger partial charge is 0.310 e. The van der Waals surface area contributed by atoms with E-state index in [1.54, 1.807) is 0 Å². The van der Waals surface area contributed by atoms with Gasteiger partial charge in [-0.25, -0.2) is 5.50 Å². The minimum atomic E-state index is -2.93. The van der Waals surface area contributed by atoms with Crippen LogP contribution in [0.4, 0.5) is 0 Å². The number of benzene rings is 1. The van der Waals surface area contributed by atoms with Crippen LogP contribution in [0, 0.1) is 13.8 Å². The van der Waals surface area contributed by atoms with Crippen LogP contribution in [-0.2, 0) is 4.57 Å². The first-order chi connectivity index (χ1) is 5.87. The number of nitrogens with two attached hydrogens (primary N) is 1. The lowest BCUT2D eigenvalue weighted by molar-refractivity contribution is 0.489. The minimum Gasteiger partial charge on any atom is -0.433 e. The predicted octanol–water partition coefficient (Wildman–Crippen LogP) is 2.46. The molecule has 0 spiro atoms. The van der Waals surface area contributed by atoms with E-state index in [0.717, 1.165) is 11.1 Å². The third-order valence-corrected chi connectivity index (χ3v) is 2.06. The Bertz CT molecular complexity index is 336. The Morgan fingerprint density at radius 3 is 2.08 bits per heavy atom. The summed E-state index contributed by atoms with van der Waals surface area (Å²) in [4.78, 5) is 0. The van der Waals surface area contributed by atoms with Crippen LogP contribution >= 0.6 is 7.52 Å². The van der Waals surface area contributed by atoms with Crippen LogP contribution in [0.3, 0.4) is 0 Å². The molecule has 13 heavy (non-hydrogen) atoms. The fraction of sp³-hybridized carbons (Fsp3) is 0.333. The van der Waals surface area contributed by atoms with Gasteiger partial charge in [0.15, 0.2) is 0 Å². The summed E-state index contributed by atoms with van der Waals surface area (Å²) < 4.78 is 16.3. The second-order valence-corrected chi connectivity index (χ2v) is 5.32. The zero-order valence-electron chi connectivity index (χ0n) is 8.07. The molecule has 2 N–H and O–H groups in total. The second-order valence-electron chi connectivity index (χ2n) is 3.32. The van der Waals surface area contributed by atoms with Crippen molar-refractivity contribution in [2.75, 3.05) is 6.66 Å². The van der Waals surface area contributed by atoms with Gasteiger partial charge in [-0.15, -0.1) is 0 Å². The SMILES string of the molecule is Cc1cc(C)cc(O[P@](C)(N)=O)c1. The number of hydrogen-bond donors (Lipinski definition) is 1. The third-order valence-electron chi connectivity index (χ3n) is 1.48. The molecule has 0 aliphatic rings. The molecule has 1 atom stereocenters. The summed E-state index contributed by atoms with van der Waals surface area (Å²) in [5.74, 6) is 0.575. The van der Waals surface area contributed by atoms with Gasteiger partial charge in [0.05, 0.1) is 0 Å². The van der Waals surface area contributed by atoms with Gasteiger partial charge in [0.1, 0.15) is 5.75 Å².